The van der Waals surface area contributed by atoms with E-state index < -0.39 is 0 Å². The van der Waals surface area contributed by atoms with Gasteiger partial charge in [0, 0.05) is 25.5 Å². The Kier molecular flexibility index (Phi) is 3.51. The van der Waals surface area contributed by atoms with Gasteiger partial charge in [0.25, 0.3) is 0 Å². The molecule has 3 heteroatoms. The molecule has 0 N–H and O–H groups in total. The van der Waals surface area contributed by atoms with Gasteiger partial charge in [-0.2, -0.15) is 0 Å². The zero-order valence-electron chi connectivity index (χ0n) is 7.62. The molecule has 0 unspecified atom stereocenters. The first-order valence-corrected chi connectivity index (χ1v) is 4.32. The highest BCUT2D eigenvalue weighted by Crippen LogP contribution is 2.05. The van der Waals surface area contributed by atoms with Gasteiger partial charge in [-0.25, -0.2) is 9.97 Å². The van der Waals surface area contributed by atoms with Gasteiger partial charge in [0.1, 0.15) is 6.20 Å². The highest BCUT2D eigenvalue weighted by Gasteiger charge is 2.02. The summed E-state index contributed by atoms with van der Waals surface area (Å²) >= 11 is 0. The van der Waals surface area contributed by atoms with Gasteiger partial charge in [-0.15, -0.1) is 0 Å². The first-order valence-electron chi connectivity index (χ1n) is 4.32. The Morgan fingerprint density at radius 1 is 1.42 bits per heavy atom. The molecule has 0 aliphatic rings. The molecule has 0 spiro atoms. The summed E-state index contributed by atoms with van der Waals surface area (Å²) in [5.41, 5.74) is 0. The molecule has 0 aliphatic carbocycles. The van der Waals surface area contributed by atoms with E-state index in [1.165, 1.54) is 0 Å². The summed E-state index contributed by atoms with van der Waals surface area (Å²) in [6.45, 7) is 6.24. The van der Waals surface area contributed by atoms with Crippen LogP contribution in [0.5, 0.6) is 0 Å². The maximum atomic E-state index is 4.18. The minimum atomic E-state index is 0.849. The molecule has 3 nitrogen and oxygen atoms in total. The van der Waals surface area contributed by atoms with Gasteiger partial charge in [-0.3, -0.25) is 0 Å². The van der Waals surface area contributed by atoms with Crippen molar-refractivity contribution in [1.82, 2.24) is 9.97 Å². The summed E-state index contributed by atoms with van der Waals surface area (Å²) in [6.07, 6.45) is 7.33. The van der Waals surface area contributed by atoms with E-state index in [4.69, 9.17) is 0 Å². The molecule has 0 fully saturated rings. The van der Waals surface area contributed by atoms with Gasteiger partial charge in [-0.1, -0.05) is 6.92 Å². The fourth-order valence-electron chi connectivity index (χ4n) is 1.10. The Morgan fingerprint density at radius 2 is 2.25 bits per heavy atom. The highest BCUT2D eigenvalue weighted by atomic mass is 15.2. The Labute approximate surface area is 73.5 Å². The molecule has 0 aromatic carbocycles. The number of nitrogens with zero attached hydrogens (tertiary/aromatic N) is 3. The highest BCUT2D eigenvalue weighted by molar-refractivity contribution is 5.33. The maximum absolute atomic E-state index is 4.18. The lowest BCUT2D eigenvalue weighted by Crippen LogP contribution is -2.24. The van der Waals surface area contributed by atoms with Gasteiger partial charge >= 0.3 is 0 Å². The number of rotatable bonds is 4. The van der Waals surface area contributed by atoms with Crippen molar-refractivity contribution in [3.63, 3.8) is 0 Å². The average Bonchev–Trinajstić information content (AvgIpc) is 2.15. The van der Waals surface area contributed by atoms with E-state index in [2.05, 4.69) is 34.9 Å². The van der Waals surface area contributed by atoms with Crippen LogP contribution < -0.4 is 4.90 Å². The topological polar surface area (TPSA) is 29.0 Å². The lowest BCUT2D eigenvalue weighted by atomic mass is 10.4. The van der Waals surface area contributed by atoms with Crippen molar-refractivity contribution in [3.8, 4) is 0 Å². The molecule has 0 saturated carbocycles. The fourth-order valence-corrected chi connectivity index (χ4v) is 1.10. The van der Waals surface area contributed by atoms with Gasteiger partial charge < -0.3 is 4.90 Å². The predicted octanol–water partition coefficient (Wildman–Crippen LogP) is 1.51. The zero-order valence-corrected chi connectivity index (χ0v) is 7.62. The van der Waals surface area contributed by atoms with Crippen molar-refractivity contribution < 1.29 is 0 Å². The SMILES string of the molecule is CCCN(CC)c1[c]nccn1. The first kappa shape index (κ1) is 8.97. The summed E-state index contributed by atoms with van der Waals surface area (Å²) in [4.78, 5) is 10.2. The molecule has 0 atom stereocenters. The number of hydrogen-bond acceptors (Lipinski definition) is 3. The third kappa shape index (κ3) is 2.19. The van der Waals surface area contributed by atoms with Crippen LogP contribution in [0.4, 0.5) is 5.82 Å². The molecule has 0 bridgehead atoms. The molecular weight excluding hydrogens is 150 g/mol. The molecule has 65 valence electrons. The first-order chi connectivity index (χ1) is 5.88. The van der Waals surface area contributed by atoms with Gasteiger partial charge in [-0.05, 0) is 13.3 Å². The van der Waals surface area contributed by atoms with Crippen LogP contribution in [-0.2, 0) is 0 Å². The lowest BCUT2D eigenvalue weighted by molar-refractivity contribution is 0.774. The Balaban J connectivity index is 2.66. The van der Waals surface area contributed by atoms with Crippen molar-refractivity contribution in [2.24, 2.45) is 0 Å². The molecular formula is C9H14N3. The van der Waals surface area contributed by atoms with Gasteiger partial charge in [0.2, 0.25) is 0 Å². The normalized spacial score (nSPS) is 9.83. The molecule has 1 aromatic heterocycles. The molecule has 1 rings (SSSR count). The molecule has 0 aliphatic heterocycles. The minimum Gasteiger partial charge on any atom is -0.355 e. The molecule has 0 saturated heterocycles. The van der Waals surface area contributed by atoms with E-state index in [9.17, 15) is 0 Å². The van der Waals surface area contributed by atoms with Crippen LogP contribution in [0.2, 0.25) is 0 Å². The predicted molar refractivity (Wildman–Crippen MR) is 49.0 cm³/mol. The number of aromatic nitrogens is 2. The van der Waals surface area contributed by atoms with Crippen molar-refractivity contribution in [2.75, 3.05) is 18.0 Å². The molecule has 0 amide bonds. The summed E-state index contributed by atoms with van der Waals surface area (Å²) < 4.78 is 0. The average molecular weight is 164 g/mol. The number of hydrogen-bond donors (Lipinski definition) is 0. The zero-order chi connectivity index (χ0) is 8.81. The Morgan fingerprint density at radius 3 is 2.75 bits per heavy atom. The number of anilines is 1. The van der Waals surface area contributed by atoms with Crippen LogP contribution >= 0.6 is 0 Å². The van der Waals surface area contributed by atoms with E-state index in [-0.39, 0.29) is 0 Å². The van der Waals surface area contributed by atoms with Crippen LogP contribution in [0.1, 0.15) is 20.3 Å². The van der Waals surface area contributed by atoms with Gasteiger partial charge in [0.05, 0.1) is 0 Å². The van der Waals surface area contributed by atoms with Crippen LogP contribution in [0.3, 0.4) is 0 Å². The fraction of sp³-hybridized carbons (Fsp3) is 0.556. The smallest absolute Gasteiger partial charge is 0.156 e. The second-order valence-corrected chi connectivity index (χ2v) is 2.57. The van der Waals surface area contributed by atoms with Crippen molar-refractivity contribution >= 4 is 5.82 Å². The van der Waals surface area contributed by atoms with Crippen molar-refractivity contribution in [2.45, 2.75) is 20.3 Å². The van der Waals surface area contributed by atoms with Crippen molar-refractivity contribution in [1.29, 1.82) is 0 Å². The minimum absolute atomic E-state index is 0.849. The Bertz CT molecular complexity index is 210. The third-order valence-corrected chi connectivity index (χ3v) is 1.68. The van der Waals surface area contributed by atoms with Crippen LogP contribution in [0, 0.1) is 6.20 Å². The maximum Gasteiger partial charge on any atom is 0.156 e. The van der Waals surface area contributed by atoms with Crippen LogP contribution in [0.25, 0.3) is 0 Å². The summed E-state index contributed by atoms with van der Waals surface area (Å²) in [5, 5.41) is 0. The third-order valence-electron chi connectivity index (χ3n) is 1.68. The van der Waals surface area contributed by atoms with E-state index in [1.807, 2.05) is 0 Å². The van der Waals surface area contributed by atoms with Crippen LogP contribution in [0.15, 0.2) is 12.4 Å². The molecule has 1 heterocycles. The summed E-state index contributed by atoms with van der Waals surface area (Å²) in [6, 6.07) is 0. The van der Waals surface area contributed by atoms with E-state index in [1.54, 1.807) is 12.4 Å². The standard InChI is InChI=1S/C9H14N3/c1-3-7-12(4-2)9-8-10-5-6-11-9/h5-6H,3-4,7H2,1-2H3. The summed E-state index contributed by atoms with van der Waals surface area (Å²) in [5.74, 6) is 0.849. The summed E-state index contributed by atoms with van der Waals surface area (Å²) in [7, 11) is 0. The largest absolute Gasteiger partial charge is 0.355 e. The monoisotopic (exact) mass is 164 g/mol. The Hall–Kier alpha value is -1.12. The van der Waals surface area contributed by atoms with Gasteiger partial charge in [0.15, 0.2) is 5.82 Å². The van der Waals surface area contributed by atoms with Crippen LogP contribution in [-0.4, -0.2) is 23.1 Å². The van der Waals surface area contributed by atoms with E-state index in [0.29, 0.717) is 0 Å². The second kappa shape index (κ2) is 4.70. The van der Waals surface area contributed by atoms with E-state index >= 15 is 0 Å². The molecule has 1 aromatic rings. The second-order valence-electron chi connectivity index (χ2n) is 2.57. The van der Waals surface area contributed by atoms with Crippen molar-refractivity contribution in [3.05, 3.63) is 18.6 Å². The molecule has 12 heavy (non-hydrogen) atoms. The van der Waals surface area contributed by atoms with E-state index in [0.717, 1.165) is 25.3 Å². The lowest BCUT2D eigenvalue weighted by Gasteiger charge is -2.19. The molecule has 1 radical (unpaired) electrons. The quantitative estimate of drug-likeness (QED) is 0.675.